The topological polar surface area (TPSA) is 153 Å². The van der Waals surface area contributed by atoms with Crippen molar-refractivity contribution in [3.8, 4) is 0 Å². The zero-order valence-electron chi connectivity index (χ0n) is 31.6. The maximum Gasteiger partial charge on any atom is 0.330 e. The Balaban J connectivity index is 1.73. The molecule has 0 aromatic carbocycles. The van der Waals surface area contributed by atoms with E-state index in [1.54, 1.807) is 0 Å². The number of carbonyl (C=O) groups excluding carboxylic acids is 4. The average molecular weight is 719 g/mol. The number of cyclic esters (lactones) is 1. The molecular weight excluding hydrogens is 660 g/mol. The van der Waals surface area contributed by atoms with Gasteiger partial charge in [0, 0.05) is 62.0 Å². The summed E-state index contributed by atoms with van der Waals surface area (Å²) in [6, 6.07) is 0. The van der Waals surface area contributed by atoms with Crippen molar-refractivity contribution in [3.63, 3.8) is 0 Å². The number of fused-ring (bicyclic) bond motifs is 6. The van der Waals surface area contributed by atoms with Gasteiger partial charge in [0.25, 0.3) is 0 Å². The van der Waals surface area contributed by atoms with Gasteiger partial charge >= 0.3 is 23.9 Å². The van der Waals surface area contributed by atoms with E-state index < -0.39 is 53.0 Å². The Hall–Kier alpha value is -3.06. The van der Waals surface area contributed by atoms with Crippen LogP contribution in [0, 0.1) is 10.8 Å². The summed E-state index contributed by atoms with van der Waals surface area (Å²) in [5.74, 6) is -3.41. The van der Waals surface area contributed by atoms with Crippen LogP contribution in [0.4, 0.5) is 0 Å². The van der Waals surface area contributed by atoms with Gasteiger partial charge in [-0.2, -0.15) is 0 Å². The van der Waals surface area contributed by atoms with Crippen molar-refractivity contribution in [2.75, 3.05) is 14.2 Å². The van der Waals surface area contributed by atoms with Crippen molar-refractivity contribution in [1.82, 2.24) is 0 Å². The summed E-state index contributed by atoms with van der Waals surface area (Å²) < 4.78 is 41.4. The Bertz CT molecular complexity index is 1360. The average Bonchev–Trinajstić information content (AvgIpc) is 3.04. The number of carbonyl (C=O) groups is 4. The lowest BCUT2D eigenvalue weighted by atomic mass is 9.73. The molecule has 51 heavy (non-hydrogen) atoms. The summed E-state index contributed by atoms with van der Waals surface area (Å²) in [5, 5.41) is 12.2. The Labute approximate surface area is 302 Å². The lowest BCUT2D eigenvalue weighted by Crippen LogP contribution is -2.53. The van der Waals surface area contributed by atoms with Crippen molar-refractivity contribution in [3.05, 3.63) is 35.5 Å². The quantitative estimate of drug-likeness (QED) is 0.167. The van der Waals surface area contributed by atoms with E-state index in [2.05, 4.69) is 0 Å². The molecule has 6 bridgehead atoms. The van der Waals surface area contributed by atoms with Crippen molar-refractivity contribution < 1.29 is 57.4 Å². The highest BCUT2D eigenvalue weighted by atomic mass is 16.6. The third-order valence-corrected chi connectivity index (χ3v) is 10.9. The van der Waals surface area contributed by atoms with Gasteiger partial charge in [-0.1, -0.05) is 57.9 Å². The first-order valence-corrected chi connectivity index (χ1v) is 18.3. The first-order chi connectivity index (χ1) is 24.0. The number of methoxy groups -OCH3 is 2. The second-order valence-corrected chi connectivity index (χ2v) is 15.6. The molecule has 0 aromatic rings. The van der Waals surface area contributed by atoms with Crippen molar-refractivity contribution in [2.24, 2.45) is 10.8 Å². The molecule has 286 valence electrons. The van der Waals surface area contributed by atoms with E-state index >= 15 is 0 Å². The maximum absolute atomic E-state index is 13.1. The van der Waals surface area contributed by atoms with Gasteiger partial charge in [-0.25, -0.2) is 9.59 Å². The minimum atomic E-state index is -1.73. The molecule has 0 amide bonds. The largest absolute Gasteiger partial charge is 0.466 e. The molecule has 0 aromatic heterocycles. The molecule has 0 aliphatic carbocycles. The monoisotopic (exact) mass is 718 g/mol. The van der Waals surface area contributed by atoms with Gasteiger partial charge in [0.15, 0.2) is 5.79 Å². The smallest absolute Gasteiger partial charge is 0.330 e. The van der Waals surface area contributed by atoms with Crippen LogP contribution in [0.1, 0.15) is 112 Å². The summed E-state index contributed by atoms with van der Waals surface area (Å²) in [7, 11) is 2.64. The van der Waals surface area contributed by atoms with Crippen LogP contribution in [0.25, 0.3) is 0 Å². The van der Waals surface area contributed by atoms with Gasteiger partial charge in [-0.3, -0.25) is 9.59 Å². The predicted molar refractivity (Wildman–Crippen MR) is 186 cm³/mol. The minimum absolute atomic E-state index is 0.0624. The Morgan fingerprint density at radius 3 is 2.24 bits per heavy atom. The van der Waals surface area contributed by atoms with E-state index in [1.165, 1.54) is 33.3 Å². The van der Waals surface area contributed by atoms with Crippen molar-refractivity contribution in [2.45, 2.75) is 161 Å². The van der Waals surface area contributed by atoms with Gasteiger partial charge in [-0.05, 0) is 38.5 Å². The second kappa shape index (κ2) is 17.2. The summed E-state index contributed by atoms with van der Waals surface area (Å²) in [4.78, 5) is 50.0. The van der Waals surface area contributed by atoms with E-state index in [4.69, 9.17) is 33.2 Å². The number of rotatable bonds is 4. The van der Waals surface area contributed by atoms with Gasteiger partial charge in [0.1, 0.15) is 12.2 Å². The number of hydrogen-bond donors (Lipinski definition) is 1. The van der Waals surface area contributed by atoms with Gasteiger partial charge in [0.2, 0.25) is 0 Å². The highest BCUT2D eigenvalue weighted by molar-refractivity contribution is 5.83. The molecule has 4 aliphatic rings. The number of ether oxygens (including phenoxy) is 7. The van der Waals surface area contributed by atoms with Crippen molar-refractivity contribution >= 4 is 23.9 Å². The molecule has 8 atom stereocenters. The van der Waals surface area contributed by atoms with Crippen LogP contribution in [0.2, 0.25) is 0 Å². The van der Waals surface area contributed by atoms with Crippen molar-refractivity contribution in [1.29, 1.82) is 0 Å². The third-order valence-electron chi connectivity index (χ3n) is 10.9. The number of hydrogen-bond acceptors (Lipinski definition) is 12. The fourth-order valence-electron chi connectivity index (χ4n) is 7.64. The molecular formula is C39H58O12. The number of esters is 4. The zero-order chi connectivity index (χ0) is 37.6. The van der Waals surface area contributed by atoms with Crippen LogP contribution in [0.15, 0.2) is 35.5 Å². The summed E-state index contributed by atoms with van der Waals surface area (Å²) in [6.45, 7) is 11.1. The van der Waals surface area contributed by atoms with E-state index in [0.29, 0.717) is 63.4 Å². The Kier molecular flexibility index (Phi) is 13.7. The lowest BCUT2D eigenvalue weighted by molar-refractivity contribution is -0.288. The van der Waals surface area contributed by atoms with Crippen LogP contribution < -0.4 is 0 Å². The lowest BCUT2D eigenvalue weighted by Gasteiger charge is -2.48. The van der Waals surface area contributed by atoms with E-state index in [1.807, 2.05) is 46.8 Å². The van der Waals surface area contributed by atoms with Crippen LogP contribution in [0.3, 0.4) is 0 Å². The van der Waals surface area contributed by atoms with Gasteiger partial charge in [-0.15, -0.1) is 0 Å². The summed E-state index contributed by atoms with van der Waals surface area (Å²) >= 11 is 0. The molecule has 4 aliphatic heterocycles. The van der Waals surface area contributed by atoms with E-state index in [9.17, 15) is 24.3 Å². The fraction of sp³-hybridized carbons (Fsp3) is 0.744. The van der Waals surface area contributed by atoms with Crippen LogP contribution >= 0.6 is 0 Å². The molecule has 12 heteroatoms. The molecule has 3 unspecified atom stereocenters. The predicted octanol–water partition coefficient (Wildman–Crippen LogP) is 5.58. The summed E-state index contributed by atoms with van der Waals surface area (Å²) in [5.41, 5.74) is -0.0134. The third kappa shape index (κ3) is 10.7. The van der Waals surface area contributed by atoms with Crippen LogP contribution in [-0.2, 0) is 52.3 Å². The van der Waals surface area contributed by atoms with Crippen LogP contribution in [-0.4, -0.2) is 91.7 Å². The molecule has 3 saturated heterocycles. The first-order valence-electron chi connectivity index (χ1n) is 18.3. The number of aliphatic hydroxyl groups is 1. The second-order valence-electron chi connectivity index (χ2n) is 15.6. The highest BCUT2D eigenvalue weighted by Gasteiger charge is 2.50. The molecule has 4 rings (SSSR count). The van der Waals surface area contributed by atoms with E-state index in [0.717, 1.165) is 5.57 Å². The molecule has 0 radical (unpaired) electrons. The summed E-state index contributed by atoms with van der Waals surface area (Å²) in [6.07, 6.45) is 8.22. The van der Waals surface area contributed by atoms with E-state index in [-0.39, 0.29) is 43.1 Å². The standard InChI is InChI=1S/C39H58O12/c1-9-27-20-31-17-26(19-36(43)46-8)23-39(44,51-31)37(3,4)14-13-29-15-25(18-35(42)45-7)16-30(48-29)22-33-38(5,6)32(47-24(2)40)21-28(49-33)11-10-12-34(41)50-27/h13-14,18-19,27-33,44H,9-12,15-17,20-23H2,1-8H3/b14-13+,25-18+,26-19+/t27-,28+,29-,30?,31-,32?,33?,39+/m0/s1. The van der Waals surface area contributed by atoms with Gasteiger partial charge in [0.05, 0.1) is 44.7 Å². The SMILES string of the molecule is CC[C@H]1C[C@@H]2C/C(=C\C(=O)OC)C[C@@](O)(O2)C(C)(C)/C=C/[C@H]2C/C(=C\C(=O)OC)CC(CC3O[C@H](CCCC(=O)O1)CC(OC(C)=O)C3(C)C)O2. The normalized spacial score (nSPS) is 36.6. The zero-order valence-corrected chi connectivity index (χ0v) is 31.6. The Morgan fingerprint density at radius 2 is 1.59 bits per heavy atom. The molecule has 3 fully saturated rings. The maximum atomic E-state index is 13.1. The first kappa shape index (κ1) is 40.7. The van der Waals surface area contributed by atoms with Crippen LogP contribution in [0.5, 0.6) is 0 Å². The Morgan fingerprint density at radius 1 is 0.922 bits per heavy atom. The molecule has 4 heterocycles. The minimum Gasteiger partial charge on any atom is -0.466 e. The highest BCUT2D eigenvalue weighted by Crippen LogP contribution is 2.46. The van der Waals surface area contributed by atoms with Gasteiger partial charge < -0.3 is 38.3 Å². The fourth-order valence-corrected chi connectivity index (χ4v) is 7.64. The molecule has 1 N–H and O–H groups in total. The molecule has 12 nitrogen and oxygen atoms in total. The molecule has 0 spiro atoms. The molecule has 0 saturated carbocycles.